The Kier molecular flexibility index (Phi) is 5.39. The topological polar surface area (TPSA) is 44.8 Å². The molecule has 4 nitrogen and oxygen atoms in total. The predicted octanol–water partition coefficient (Wildman–Crippen LogP) is 1.90. The van der Waals surface area contributed by atoms with Crippen molar-refractivity contribution in [1.82, 2.24) is 0 Å². The minimum atomic E-state index is -0.860. The second-order valence-electron chi connectivity index (χ2n) is 3.28. The monoisotopic (exact) mass is 236 g/mol. The van der Waals surface area contributed by atoms with Gasteiger partial charge in [-0.25, -0.2) is 0 Å². The van der Waals surface area contributed by atoms with E-state index in [1.165, 1.54) is 20.3 Å². The van der Waals surface area contributed by atoms with Crippen LogP contribution in [0.3, 0.4) is 0 Å². The van der Waals surface area contributed by atoms with E-state index in [9.17, 15) is 4.79 Å². The van der Waals surface area contributed by atoms with Gasteiger partial charge in [0.25, 0.3) is 0 Å². The van der Waals surface area contributed by atoms with Crippen molar-refractivity contribution in [3.05, 3.63) is 35.9 Å². The Labute approximate surface area is 101 Å². The molecular formula is C13H16O4. The Bertz CT molecular complexity index is 394. The molecule has 0 amide bonds. The van der Waals surface area contributed by atoms with Crippen LogP contribution in [0.2, 0.25) is 0 Å². The minimum absolute atomic E-state index is 0.249. The predicted molar refractivity (Wildman–Crippen MR) is 64.8 cm³/mol. The Morgan fingerprint density at radius 2 is 1.82 bits per heavy atom. The summed E-state index contributed by atoms with van der Waals surface area (Å²) in [6, 6.07) is 7.42. The smallest absolute Gasteiger partial charge is 0.221 e. The molecule has 0 aliphatic carbocycles. The van der Waals surface area contributed by atoms with Crippen molar-refractivity contribution in [2.24, 2.45) is 0 Å². The van der Waals surface area contributed by atoms with Crippen molar-refractivity contribution in [3.63, 3.8) is 0 Å². The maximum absolute atomic E-state index is 11.6. The van der Waals surface area contributed by atoms with E-state index in [1.54, 1.807) is 13.2 Å². The molecule has 0 saturated heterocycles. The molecule has 0 aliphatic heterocycles. The van der Waals surface area contributed by atoms with Crippen LogP contribution in [-0.4, -0.2) is 33.4 Å². The minimum Gasteiger partial charge on any atom is -0.496 e. The van der Waals surface area contributed by atoms with Crippen LogP contribution in [0.4, 0.5) is 0 Å². The first kappa shape index (κ1) is 13.4. The third-order valence-corrected chi connectivity index (χ3v) is 2.23. The van der Waals surface area contributed by atoms with E-state index >= 15 is 0 Å². The maximum atomic E-state index is 11.6. The van der Waals surface area contributed by atoms with E-state index in [-0.39, 0.29) is 5.78 Å². The average molecular weight is 236 g/mol. The first-order valence-corrected chi connectivity index (χ1v) is 5.13. The van der Waals surface area contributed by atoms with Crippen molar-refractivity contribution in [1.29, 1.82) is 0 Å². The van der Waals surface area contributed by atoms with Crippen LogP contribution >= 0.6 is 0 Å². The van der Waals surface area contributed by atoms with Gasteiger partial charge in [0.1, 0.15) is 5.75 Å². The quantitative estimate of drug-likeness (QED) is 0.559. The standard InChI is InChI=1S/C13H16O4/c1-15-12-7-5-4-6-10(12)8-9-11(14)13(16-2)17-3/h4-9,13H,1-3H3/b9-8+. The molecule has 0 fully saturated rings. The van der Waals surface area contributed by atoms with Crippen molar-refractivity contribution < 1.29 is 19.0 Å². The Balaban J connectivity index is 2.79. The summed E-state index contributed by atoms with van der Waals surface area (Å²) in [6.45, 7) is 0. The lowest BCUT2D eigenvalue weighted by Gasteiger charge is -2.09. The molecule has 0 aliphatic rings. The van der Waals surface area contributed by atoms with Crippen LogP contribution in [0.25, 0.3) is 6.08 Å². The molecule has 1 aromatic rings. The SMILES string of the molecule is COc1ccccc1/C=C/C(=O)C(OC)OC. The molecule has 0 heterocycles. The van der Waals surface area contributed by atoms with Crippen LogP contribution < -0.4 is 4.74 Å². The van der Waals surface area contributed by atoms with Gasteiger partial charge in [0.2, 0.25) is 12.1 Å². The normalized spacial score (nSPS) is 11.1. The van der Waals surface area contributed by atoms with Gasteiger partial charge in [-0.1, -0.05) is 18.2 Å². The number of carbonyl (C=O) groups excluding carboxylic acids is 1. The van der Waals surface area contributed by atoms with E-state index in [2.05, 4.69) is 0 Å². The van der Waals surface area contributed by atoms with Crippen molar-refractivity contribution in [2.75, 3.05) is 21.3 Å². The van der Waals surface area contributed by atoms with E-state index in [4.69, 9.17) is 14.2 Å². The highest BCUT2D eigenvalue weighted by Gasteiger charge is 2.12. The summed E-state index contributed by atoms with van der Waals surface area (Å²) in [7, 11) is 4.42. The molecule has 1 rings (SSSR count). The lowest BCUT2D eigenvalue weighted by atomic mass is 10.1. The molecule has 92 valence electrons. The summed E-state index contributed by atoms with van der Waals surface area (Å²) in [5, 5.41) is 0. The second-order valence-corrected chi connectivity index (χ2v) is 3.28. The van der Waals surface area contributed by atoms with Crippen LogP contribution in [0.1, 0.15) is 5.56 Å². The van der Waals surface area contributed by atoms with Crippen molar-refractivity contribution in [3.8, 4) is 5.75 Å². The van der Waals surface area contributed by atoms with Crippen LogP contribution in [0.5, 0.6) is 5.75 Å². The number of carbonyl (C=O) groups is 1. The van der Waals surface area contributed by atoms with Crippen molar-refractivity contribution in [2.45, 2.75) is 6.29 Å². The molecular weight excluding hydrogens is 220 g/mol. The van der Waals surface area contributed by atoms with E-state index in [1.807, 2.05) is 24.3 Å². The van der Waals surface area contributed by atoms with E-state index in [0.29, 0.717) is 5.75 Å². The molecule has 0 spiro atoms. The van der Waals surface area contributed by atoms with Gasteiger partial charge in [0.05, 0.1) is 7.11 Å². The zero-order valence-corrected chi connectivity index (χ0v) is 10.2. The average Bonchev–Trinajstić information content (AvgIpc) is 2.38. The highest BCUT2D eigenvalue weighted by Crippen LogP contribution is 2.18. The van der Waals surface area contributed by atoms with Gasteiger partial charge >= 0.3 is 0 Å². The Morgan fingerprint density at radius 1 is 1.18 bits per heavy atom. The summed E-state index contributed by atoms with van der Waals surface area (Å²) in [5.74, 6) is 0.462. The fourth-order valence-electron chi connectivity index (χ4n) is 1.38. The largest absolute Gasteiger partial charge is 0.496 e. The van der Waals surface area contributed by atoms with Gasteiger partial charge in [-0.3, -0.25) is 4.79 Å². The zero-order valence-electron chi connectivity index (χ0n) is 10.2. The number of para-hydroxylation sites is 1. The van der Waals surface area contributed by atoms with Crippen LogP contribution in [0, 0.1) is 0 Å². The number of ketones is 1. The molecule has 0 saturated carbocycles. The summed E-state index contributed by atoms with van der Waals surface area (Å²) in [4.78, 5) is 11.6. The summed E-state index contributed by atoms with van der Waals surface area (Å²) < 4.78 is 14.9. The van der Waals surface area contributed by atoms with Crippen LogP contribution in [-0.2, 0) is 14.3 Å². The van der Waals surface area contributed by atoms with Gasteiger partial charge in [0.15, 0.2) is 0 Å². The highest BCUT2D eigenvalue weighted by molar-refractivity contribution is 5.96. The zero-order chi connectivity index (χ0) is 12.7. The maximum Gasteiger partial charge on any atom is 0.221 e. The van der Waals surface area contributed by atoms with Crippen LogP contribution in [0.15, 0.2) is 30.3 Å². The molecule has 0 N–H and O–H groups in total. The summed E-state index contributed by atoms with van der Waals surface area (Å²) in [6.07, 6.45) is 2.22. The number of hydrogen-bond donors (Lipinski definition) is 0. The van der Waals surface area contributed by atoms with E-state index in [0.717, 1.165) is 5.56 Å². The molecule has 0 atom stereocenters. The first-order chi connectivity index (χ1) is 8.22. The molecule has 0 bridgehead atoms. The number of hydrogen-bond acceptors (Lipinski definition) is 4. The van der Waals surface area contributed by atoms with Gasteiger partial charge < -0.3 is 14.2 Å². The first-order valence-electron chi connectivity index (χ1n) is 5.13. The Hall–Kier alpha value is -1.65. The summed E-state index contributed by atoms with van der Waals surface area (Å²) >= 11 is 0. The highest BCUT2D eigenvalue weighted by atomic mass is 16.7. The fraction of sp³-hybridized carbons (Fsp3) is 0.308. The second kappa shape index (κ2) is 6.83. The number of methoxy groups -OCH3 is 3. The number of ether oxygens (including phenoxy) is 3. The van der Waals surface area contributed by atoms with Gasteiger partial charge in [-0.2, -0.15) is 0 Å². The van der Waals surface area contributed by atoms with Crippen molar-refractivity contribution >= 4 is 11.9 Å². The summed E-state index contributed by atoms with van der Waals surface area (Å²) in [5.41, 5.74) is 0.828. The van der Waals surface area contributed by atoms with Gasteiger partial charge in [0, 0.05) is 19.8 Å². The lowest BCUT2D eigenvalue weighted by Crippen LogP contribution is -2.22. The molecule has 0 aromatic heterocycles. The molecule has 17 heavy (non-hydrogen) atoms. The molecule has 4 heteroatoms. The third-order valence-electron chi connectivity index (χ3n) is 2.23. The third kappa shape index (κ3) is 3.69. The number of rotatable bonds is 6. The van der Waals surface area contributed by atoms with E-state index < -0.39 is 6.29 Å². The van der Waals surface area contributed by atoms with Gasteiger partial charge in [-0.05, 0) is 18.2 Å². The molecule has 0 radical (unpaired) electrons. The van der Waals surface area contributed by atoms with Gasteiger partial charge in [-0.15, -0.1) is 0 Å². The fourth-order valence-corrected chi connectivity index (χ4v) is 1.38. The molecule has 0 unspecified atom stereocenters. The Morgan fingerprint density at radius 3 is 2.41 bits per heavy atom. The molecule has 1 aromatic carbocycles. The lowest BCUT2D eigenvalue weighted by molar-refractivity contribution is -0.151. The number of benzene rings is 1.